The van der Waals surface area contributed by atoms with Crippen LogP contribution in [0, 0.1) is 5.92 Å². The highest BCUT2D eigenvalue weighted by Gasteiger charge is 2.33. The molecule has 1 aliphatic rings. The van der Waals surface area contributed by atoms with Crippen LogP contribution in [0.4, 0.5) is 0 Å². The lowest BCUT2D eigenvalue weighted by molar-refractivity contribution is 0.0440. The summed E-state index contributed by atoms with van der Waals surface area (Å²) in [5.41, 5.74) is 0. The Bertz CT molecular complexity index is 214. The lowest BCUT2D eigenvalue weighted by atomic mass is 10.0. The number of rotatable bonds is 3. The minimum Gasteiger partial charge on any atom is -0.375 e. The summed E-state index contributed by atoms with van der Waals surface area (Å²) in [7, 11) is 0. The molecular formula is C9H19O2PS. The molecule has 0 spiro atoms. The normalized spacial score (nSPS) is 38.9. The van der Waals surface area contributed by atoms with Gasteiger partial charge in [-0.05, 0) is 32.3 Å². The number of hydrogen-bond donors (Lipinski definition) is 1. The van der Waals surface area contributed by atoms with Gasteiger partial charge in [0.05, 0.1) is 18.5 Å². The summed E-state index contributed by atoms with van der Waals surface area (Å²) in [6.45, 7) is 6.03. The predicted octanol–water partition coefficient (Wildman–Crippen LogP) is 2.21. The van der Waals surface area contributed by atoms with Gasteiger partial charge in [0.25, 0.3) is 0 Å². The molecule has 0 amide bonds. The van der Waals surface area contributed by atoms with E-state index in [9.17, 15) is 4.89 Å². The van der Waals surface area contributed by atoms with Gasteiger partial charge in [-0.2, -0.15) is 0 Å². The number of hydrogen-bond acceptors (Lipinski definition) is 2. The Morgan fingerprint density at radius 3 is 2.69 bits per heavy atom. The molecular weight excluding hydrogens is 203 g/mol. The van der Waals surface area contributed by atoms with Crippen molar-refractivity contribution in [3.8, 4) is 0 Å². The van der Waals surface area contributed by atoms with Crippen molar-refractivity contribution >= 4 is 18.1 Å². The molecule has 0 aromatic rings. The second-order valence-corrected chi connectivity index (χ2v) is 8.95. The summed E-state index contributed by atoms with van der Waals surface area (Å²) in [4.78, 5) is 9.65. The molecule has 0 saturated carbocycles. The maximum Gasteiger partial charge on any atom is 0.0611 e. The third-order valence-corrected chi connectivity index (χ3v) is 4.14. The van der Waals surface area contributed by atoms with E-state index >= 15 is 0 Å². The molecule has 1 heterocycles. The van der Waals surface area contributed by atoms with Crippen molar-refractivity contribution in [2.45, 2.75) is 38.9 Å². The van der Waals surface area contributed by atoms with Crippen LogP contribution in [-0.2, 0) is 16.5 Å². The van der Waals surface area contributed by atoms with Gasteiger partial charge >= 0.3 is 0 Å². The fraction of sp³-hybridized carbons (Fsp3) is 1.00. The molecule has 0 aromatic heterocycles. The van der Waals surface area contributed by atoms with E-state index in [2.05, 4.69) is 13.8 Å². The second kappa shape index (κ2) is 4.39. The fourth-order valence-electron chi connectivity index (χ4n) is 2.10. The van der Waals surface area contributed by atoms with E-state index < -0.39 is 6.26 Å². The van der Waals surface area contributed by atoms with Gasteiger partial charge in [0.15, 0.2) is 0 Å². The molecule has 13 heavy (non-hydrogen) atoms. The summed E-state index contributed by atoms with van der Waals surface area (Å²) in [6, 6.07) is 0. The molecule has 0 bridgehead atoms. The van der Waals surface area contributed by atoms with Crippen molar-refractivity contribution in [1.82, 2.24) is 0 Å². The minimum absolute atomic E-state index is 0.324. The van der Waals surface area contributed by atoms with Gasteiger partial charge in [0.2, 0.25) is 0 Å². The first-order valence-electron chi connectivity index (χ1n) is 4.87. The SMILES string of the molecule is CC[C@H]1O[C@@H](C)CC1CP(C)(O)=S. The van der Waals surface area contributed by atoms with Crippen molar-refractivity contribution in [2.24, 2.45) is 5.92 Å². The molecule has 78 valence electrons. The van der Waals surface area contributed by atoms with E-state index in [4.69, 9.17) is 16.5 Å². The first-order chi connectivity index (χ1) is 5.92. The van der Waals surface area contributed by atoms with Crippen molar-refractivity contribution in [2.75, 3.05) is 12.8 Å². The summed E-state index contributed by atoms with van der Waals surface area (Å²) in [5, 5.41) is 0. The zero-order valence-electron chi connectivity index (χ0n) is 8.56. The van der Waals surface area contributed by atoms with Crippen LogP contribution < -0.4 is 0 Å². The summed E-state index contributed by atoms with van der Waals surface area (Å²) < 4.78 is 5.73. The van der Waals surface area contributed by atoms with Gasteiger partial charge in [-0.3, -0.25) is 0 Å². The Morgan fingerprint density at radius 2 is 2.23 bits per heavy atom. The number of ether oxygens (including phenoxy) is 1. The molecule has 1 fully saturated rings. The van der Waals surface area contributed by atoms with Gasteiger partial charge in [0, 0.05) is 6.16 Å². The van der Waals surface area contributed by atoms with E-state index in [1.165, 1.54) is 0 Å². The predicted molar refractivity (Wildman–Crippen MR) is 60.0 cm³/mol. The molecule has 0 aromatic carbocycles. The Morgan fingerprint density at radius 1 is 1.62 bits per heavy atom. The molecule has 4 atom stereocenters. The van der Waals surface area contributed by atoms with Crippen molar-refractivity contribution < 1.29 is 9.63 Å². The molecule has 0 radical (unpaired) electrons. The van der Waals surface area contributed by atoms with Crippen LogP contribution >= 0.6 is 6.26 Å². The zero-order valence-corrected chi connectivity index (χ0v) is 10.3. The quantitative estimate of drug-likeness (QED) is 0.742. The van der Waals surface area contributed by atoms with Crippen molar-refractivity contribution in [1.29, 1.82) is 0 Å². The van der Waals surface area contributed by atoms with Crippen LogP contribution in [0.25, 0.3) is 0 Å². The van der Waals surface area contributed by atoms with Gasteiger partial charge in [0.1, 0.15) is 0 Å². The molecule has 0 aliphatic carbocycles. The van der Waals surface area contributed by atoms with E-state index in [1.807, 2.05) is 0 Å². The largest absolute Gasteiger partial charge is 0.375 e. The van der Waals surface area contributed by atoms with Gasteiger partial charge in [-0.15, -0.1) is 0 Å². The Kier molecular flexibility index (Phi) is 3.94. The Balaban J connectivity index is 2.54. The third-order valence-electron chi connectivity index (χ3n) is 2.54. The molecule has 1 aliphatic heterocycles. The summed E-state index contributed by atoms with van der Waals surface area (Å²) >= 11 is 5.07. The Hall–Kier alpha value is 0.570. The van der Waals surface area contributed by atoms with E-state index in [1.54, 1.807) is 6.66 Å². The summed E-state index contributed by atoms with van der Waals surface area (Å²) in [5.74, 6) is 0.487. The molecule has 1 saturated heterocycles. The first-order valence-corrected chi connectivity index (χ1v) is 8.26. The van der Waals surface area contributed by atoms with Crippen LogP contribution in [0.5, 0.6) is 0 Å². The lowest BCUT2D eigenvalue weighted by Crippen LogP contribution is -2.18. The van der Waals surface area contributed by atoms with Crippen LogP contribution in [0.3, 0.4) is 0 Å². The topological polar surface area (TPSA) is 29.5 Å². The van der Waals surface area contributed by atoms with Crippen LogP contribution in [0.15, 0.2) is 0 Å². The highest BCUT2D eigenvalue weighted by atomic mass is 32.4. The van der Waals surface area contributed by atoms with E-state index in [0.717, 1.165) is 19.0 Å². The standard InChI is InChI=1S/C9H19O2PS/c1-4-9-8(5-7(2)11-9)6-12(3,10)13/h7-9H,4-6H2,1-3H3,(H,10,13)/t7-,8?,9+,12?/m0/s1. The van der Waals surface area contributed by atoms with E-state index in [0.29, 0.717) is 18.1 Å². The van der Waals surface area contributed by atoms with Gasteiger partial charge < -0.3 is 9.63 Å². The molecule has 2 nitrogen and oxygen atoms in total. The first kappa shape index (κ1) is 11.6. The third kappa shape index (κ3) is 3.67. The van der Waals surface area contributed by atoms with Gasteiger partial charge in [-0.25, -0.2) is 0 Å². The summed E-state index contributed by atoms with van der Waals surface area (Å²) in [6.07, 6.45) is 1.50. The van der Waals surface area contributed by atoms with Crippen molar-refractivity contribution in [3.05, 3.63) is 0 Å². The smallest absolute Gasteiger partial charge is 0.0611 e. The average Bonchev–Trinajstić information content (AvgIpc) is 2.27. The monoisotopic (exact) mass is 222 g/mol. The second-order valence-electron chi connectivity index (χ2n) is 4.12. The maximum atomic E-state index is 9.65. The highest BCUT2D eigenvalue weighted by Crippen LogP contribution is 2.43. The zero-order chi connectivity index (χ0) is 10.1. The molecule has 2 unspecified atom stereocenters. The fourth-order valence-corrected chi connectivity index (χ4v) is 3.93. The van der Waals surface area contributed by atoms with Crippen LogP contribution in [0.2, 0.25) is 0 Å². The van der Waals surface area contributed by atoms with Gasteiger partial charge in [-0.1, -0.05) is 18.7 Å². The lowest BCUT2D eigenvalue weighted by Gasteiger charge is -2.19. The Labute approximate surface area is 85.8 Å². The maximum absolute atomic E-state index is 9.65. The van der Waals surface area contributed by atoms with Crippen LogP contribution in [-0.4, -0.2) is 29.9 Å². The molecule has 1 rings (SSSR count). The molecule has 1 N–H and O–H groups in total. The van der Waals surface area contributed by atoms with Crippen molar-refractivity contribution in [3.63, 3.8) is 0 Å². The van der Waals surface area contributed by atoms with Crippen LogP contribution in [0.1, 0.15) is 26.7 Å². The minimum atomic E-state index is -2.04. The molecule has 4 heteroatoms. The highest BCUT2D eigenvalue weighted by molar-refractivity contribution is 8.11. The van der Waals surface area contributed by atoms with E-state index in [-0.39, 0.29) is 0 Å². The average molecular weight is 222 g/mol.